The number of benzene rings is 1. The Morgan fingerprint density at radius 2 is 2.13 bits per heavy atom. The molecule has 3 rings (SSSR count). The standard InChI is InChI=1S/C12H12N2.ClH/c1-8-6-7-11-12(13-8)9-4-2-3-5-10(9)14-11;/h2-5,7-8,14H,6H2,1H3;1H. The summed E-state index contributed by atoms with van der Waals surface area (Å²) in [5.74, 6) is 0. The fourth-order valence-electron chi connectivity index (χ4n) is 2.00. The number of hydrogen-bond acceptors (Lipinski definition) is 1. The summed E-state index contributed by atoms with van der Waals surface area (Å²) in [5.41, 5.74) is 1.19. The molecule has 1 aromatic heterocycles. The van der Waals surface area contributed by atoms with Crippen LogP contribution in [0, 0.1) is 0 Å². The number of aromatic nitrogens is 1. The van der Waals surface area contributed by atoms with E-state index in [2.05, 4.69) is 41.2 Å². The van der Waals surface area contributed by atoms with Gasteiger partial charge in [-0.2, -0.15) is 0 Å². The van der Waals surface area contributed by atoms with Gasteiger partial charge in [-0.25, -0.2) is 0 Å². The van der Waals surface area contributed by atoms with Gasteiger partial charge in [0.1, 0.15) is 0 Å². The van der Waals surface area contributed by atoms with E-state index in [-0.39, 0.29) is 12.4 Å². The molecule has 0 bridgehead atoms. The highest BCUT2D eigenvalue weighted by atomic mass is 35.5. The van der Waals surface area contributed by atoms with E-state index in [4.69, 9.17) is 0 Å². The molecular formula is C12H13ClN2. The second-order valence-corrected chi connectivity index (χ2v) is 3.85. The van der Waals surface area contributed by atoms with Gasteiger partial charge in [0.2, 0.25) is 0 Å². The Balaban J connectivity index is 0.000000853. The van der Waals surface area contributed by atoms with Crippen molar-refractivity contribution in [2.45, 2.75) is 19.4 Å². The molecule has 0 spiro atoms. The number of aromatic amines is 1. The summed E-state index contributed by atoms with van der Waals surface area (Å²) in [7, 11) is 0. The lowest BCUT2D eigenvalue weighted by molar-refractivity contribution is 0.739. The Hall–Kier alpha value is -1.28. The van der Waals surface area contributed by atoms with Crippen LogP contribution < -0.4 is 10.7 Å². The van der Waals surface area contributed by atoms with Crippen LogP contribution in [0.2, 0.25) is 0 Å². The number of fused-ring (bicyclic) bond motifs is 3. The van der Waals surface area contributed by atoms with Crippen molar-refractivity contribution < 1.29 is 0 Å². The van der Waals surface area contributed by atoms with Crippen LogP contribution in [0.25, 0.3) is 17.0 Å². The van der Waals surface area contributed by atoms with Gasteiger partial charge in [0, 0.05) is 10.9 Å². The molecule has 78 valence electrons. The number of hydrogen-bond donors (Lipinski definition) is 1. The fraction of sp³-hybridized carbons (Fsp3) is 0.250. The maximum absolute atomic E-state index is 4.67. The van der Waals surface area contributed by atoms with Gasteiger partial charge >= 0.3 is 0 Å². The first-order chi connectivity index (χ1) is 6.84. The minimum Gasteiger partial charge on any atom is -0.353 e. The van der Waals surface area contributed by atoms with E-state index < -0.39 is 0 Å². The Bertz CT molecular complexity index is 598. The number of para-hydroxylation sites is 1. The summed E-state index contributed by atoms with van der Waals surface area (Å²) in [6.07, 6.45) is 3.28. The summed E-state index contributed by atoms with van der Waals surface area (Å²) < 4.78 is 0. The second-order valence-electron chi connectivity index (χ2n) is 3.85. The Morgan fingerprint density at radius 1 is 1.33 bits per heavy atom. The Kier molecular flexibility index (Phi) is 2.53. The zero-order chi connectivity index (χ0) is 9.54. The van der Waals surface area contributed by atoms with Crippen molar-refractivity contribution in [1.82, 2.24) is 4.98 Å². The molecule has 2 aromatic rings. The normalized spacial score (nSPS) is 18.6. The molecular weight excluding hydrogens is 208 g/mol. The van der Waals surface area contributed by atoms with Gasteiger partial charge in [-0.1, -0.05) is 24.3 Å². The van der Waals surface area contributed by atoms with Crippen molar-refractivity contribution in [3.05, 3.63) is 35.0 Å². The summed E-state index contributed by atoms with van der Waals surface area (Å²) in [6.45, 7) is 2.15. The van der Waals surface area contributed by atoms with Crippen LogP contribution in [0.15, 0.2) is 29.3 Å². The predicted octanol–water partition coefficient (Wildman–Crippen LogP) is 1.78. The average molecular weight is 221 g/mol. The maximum Gasteiger partial charge on any atom is 0.0902 e. The molecule has 15 heavy (non-hydrogen) atoms. The summed E-state index contributed by atoms with van der Waals surface area (Å²) in [5, 5.41) is 3.56. The van der Waals surface area contributed by atoms with E-state index in [1.54, 1.807) is 0 Å². The lowest BCUT2D eigenvalue weighted by Crippen LogP contribution is -2.28. The van der Waals surface area contributed by atoms with Crippen LogP contribution in [0.5, 0.6) is 0 Å². The van der Waals surface area contributed by atoms with Gasteiger partial charge in [-0.15, -0.1) is 12.4 Å². The number of nitrogens with zero attached hydrogens (tertiary/aromatic N) is 1. The molecule has 0 saturated carbocycles. The minimum atomic E-state index is 0. The molecule has 1 unspecified atom stereocenters. The molecule has 1 aliphatic heterocycles. The van der Waals surface area contributed by atoms with Crippen molar-refractivity contribution >= 4 is 29.4 Å². The number of H-pyrrole nitrogens is 1. The molecule has 2 nitrogen and oxygen atoms in total. The lowest BCUT2D eigenvalue weighted by atomic mass is 10.2. The van der Waals surface area contributed by atoms with Crippen molar-refractivity contribution in [2.24, 2.45) is 4.99 Å². The highest BCUT2D eigenvalue weighted by molar-refractivity contribution is 5.85. The third kappa shape index (κ3) is 1.55. The van der Waals surface area contributed by atoms with Crippen LogP contribution >= 0.6 is 12.4 Å². The molecule has 1 aromatic carbocycles. The first kappa shape index (κ1) is 10.2. The van der Waals surface area contributed by atoms with E-state index in [0.717, 1.165) is 11.8 Å². The van der Waals surface area contributed by atoms with Crippen molar-refractivity contribution in [2.75, 3.05) is 0 Å². The first-order valence-electron chi connectivity index (χ1n) is 4.99. The first-order valence-corrected chi connectivity index (χ1v) is 4.99. The van der Waals surface area contributed by atoms with E-state index in [0.29, 0.717) is 6.04 Å². The van der Waals surface area contributed by atoms with Gasteiger partial charge in [0.25, 0.3) is 0 Å². The predicted molar refractivity (Wildman–Crippen MR) is 64.9 cm³/mol. The smallest absolute Gasteiger partial charge is 0.0902 e. The highest BCUT2D eigenvalue weighted by Gasteiger charge is 2.06. The van der Waals surface area contributed by atoms with Crippen LogP contribution in [-0.2, 0) is 0 Å². The summed E-state index contributed by atoms with van der Waals surface area (Å²) in [6, 6.07) is 8.75. The molecule has 0 aliphatic carbocycles. The van der Waals surface area contributed by atoms with Gasteiger partial charge in [-0.05, 0) is 19.4 Å². The maximum atomic E-state index is 4.67. The molecule has 1 atom stereocenters. The monoisotopic (exact) mass is 220 g/mol. The topological polar surface area (TPSA) is 28.1 Å². The zero-order valence-corrected chi connectivity index (χ0v) is 9.34. The molecule has 1 N–H and O–H groups in total. The molecule has 0 saturated heterocycles. The van der Waals surface area contributed by atoms with Gasteiger partial charge in [0.15, 0.2) is 0 Å². The van der Waals surface area contributed by atoms with Crippen molar-refractivity contribution in [3.63, 3.8) is 0 Å². The van der Waals surface area contributed by atoms with E-state index in [1.165, 1.54) is 16.3 Å². The van der Waals surface area contributed by atoms with Gasteiger partial charge in [0.05, 0.1) is 16.7 Å². The number of halogens is 1. The molecule has 0 radical (unpaired) electrons. The second kappa shape index (κ2) is 3.70. The van der Waals surface area contributed by atoms with Crippen LogP contribution in [0.4, 0.5) is 0 Å². The third-order valence-corrected chi connectivity index (χ3v) is 2.72. The van der Waals surface area contributed by atoms with E-state index >= 15 is 0 Å². The number of rotatable bonds is 0. The molecule has 3 heteroatoms. The fourth-order valence-corrected chi connectivity index (χ4v) is 2.00. The molecule has 2 heterocycles. The molecule has 0 fully saturated rings. The van der Waals surface area contributed by atoms with Crippen molar-refractivity contribution in [3.8, 4) is 0 Å². The van der Waals surface area contributed by atoms with Crippen LogP contribution in [0.3, 0.4) is 0 Å². The van der Waals surface area contributed by atoms with Crippen molar-refractivity contribution in [1.29, 1.82) is 0 Å². The van der Waals surface area contributed by atoms with Crippen LogP contribution in [0.1, 0.15) is 13.3 Å². The Morgan fingerprint density at radius 3 is 3.00 bits per heavy atom. The third-order valence-electron chi connectivity index (χ3n) is 2.72. The highest BCUT2D eigenvalue weighted by Crippen LogP contribution is 2.07. The van der Waals surface area contributed by atoms with E-state index in [1.807, 2.05) is 6.07 Å². The zero-order valence-electron chi connectivity index (χ0n) is 8.53. The van der Waals surface area contributed by atoms with Crippen LogP contribution in [-0.4, -0.2) is 11.0 Å². The van der Waals surface area contributed by atoms with Gasteiger partial charge < -0.3 is 4.98 Å². The summed E-state index contributed by atoms with van der Waals surface area (Å²) in [4.78, 5) is 8.06. The van der Waals surface area contributed by atoms with E-state index in [9.17, 15) is 0 Å². The Labute approximate surface area is 94.1 Å². The quantitative estimate of drug-likeness (QED) is 0.701. The molecule has 1 aliphatic rings. The largest absolute Gasteiger partial charge is 0.353 e. The lowest BCUT2D eigenvalue weighted by Gasteiger charge is -2.03. The SMILES string of the molecule is CC1CC=c2[nH]c3ccccc3c2=N1.Cl. The van der Waals surface area contributed by atoms with Gasteiger partial charge in [-0.3, -0.25) is 4.99 Å². The summed E-state index contributed by atoms with van der Waals surface area (Å²) >= 11 is 0. The number of nitrogens with one attached hydrogen (secondary N) is 1. The minimum absolute atomic E-state index is 0. The average Bonchev–Trinajstić information content (AvgIpc) is 2.56. The molecule has 0 amide bonds.